The summed E-state index contributed by atoms with van der Waals surface area (Å²) in [5.41, 5.74) is -0.533. The molecule has 0 saturated carbocycles. The van der Waals surface area contributed by atoms with E-state index in [4.69, 9.17) is 0 Å². The van der Waals surface area contributed by atoms with Crippen LogP contribution in [0.4, 0.5) is 13.2 Å². The van der Waals surface area contributed by atoms with Crippen LogP contribution in [0.25, 0.3) is 0 Å². The molecule has 0 aliphatic carbocycles. The number of benzene rings is 1. The number of halogens is 4. The lowest BCUT2D eigenvalue weighted by molar-refractivity contribution is -0.137. The van der Waals surface area contributed by atoms with Crippen LogP contribution < -0.4 is 3.69 Å². The molecular weight excluding hydrogens is 257 g/mol. The first kappa shape index (κ1) is 13.3. The van der Waals surface area contributed by atoms with Crippen molar-refractivity contribution in [3.8, 4) is 0 Å². The van der Waals surface area contributed by atoms with E-state index in [9.17, 15) is 13.2 Å². The lowest BCUT2D eigenvalue weighted by atomic mass is 10.2. The van der Waals surface area contributed by atoms with E-state index in [1.807, 2.05) is 5.05 Å². The Morgan fingerprint density at radius 3 is 2.31 bits per heavy atom. The van der Waals surface area contributed by atoms with Crippen molar-refractivity contribution in [2.75, 3.05) is 0 Å². The van der Waals surface area contributed by atoms with Gasteiger partial charge >= 0.3 is 26.5 Å². The fourth-order valence-corrected chi connectivity index (χ4v) is 1.76. The summed E-state index contributed by atoms with van der Waals surface area (Å²) in [6.45, 7) is 0. The fourth-order valence-electron chi connectivity index (χ4n) is 0.968. The maximum absolute atomic E-state index is 12.1. The van der Waals surface area contributed by atoms with Crippen LogP contribution in [-0.4, -0.2) is 20.4 Å². The molecule has 70 valence electrons. The molecule has 0 heterocycles. The van der Waals surface area contributed by atoms with Crippen molar-refractivity contribution in [1.29, 1.82) is 0 Å². The van der Waals surface area contributed by atoms with Crippen LogP contribution in [-0.2, 0) is 6.18 Å². The number of rotatable bonds is 1. The molecule has 13 heavy (non-hydrogen) atoms. The van der Waals surface area contributed by atoms with Gasteiger partial charge in [0, 0.05) is 0 Å². The highest BCUT2D eigenvalue weighted by atomic mass is 79.9. The van der Waals surface area contributed by atoms with E-state index in [0.717, 1.165) is 9.76 Å². The molecule has 0 nitrogen and oxygen atoms in total. The second kappa shape index (κ2) is 5.21. The average molecular weight is 265 g/mol. The normalized spacial score (nSPS) is 10.2. The molecule has 5 heteroatoms. The van der Waals surface area contributed by atoms with Gasteiger partial charge in [0.2, 0.25) is 0 Å². The minimum atomic E-state index is -4.19. The van der Waals surface area contributed by atoms with Crippen molar-refractivity contribution in [3.63, 3.8) is 0 Å². The van der Waals surface area contributed by atoms with Crippen LogP contribution in [0.1, 0.15) is 5.56 Å². The molecule has 0 aliphatic heterocycles. The van der Waals surface area contributed by atoms with Crippen molar-refractivity contribution >= 4 is 41.0 Å². The average Bonchev–Trinajstić information content (AvgIpc) is 2.03. The van der Waals surface area contributed by atoms with Crippen LogP contribution in [0.15, 0.2) is 24.3 Å². The molecule has 0 spiro atoms. The molecule has 1 aromatic rings. The highest BCUT2D eigenvalue weighted by molar-refractivity contribution is 8.93. The summed E-state index contributed by atoms with van der Waals surface area (Å²) in [7, 11) is 0. The molecule has 0 N–H and O–H groups in total. The lowest BCUT2D eigenvalue weighted by Gasteiger charge is -2.07. The predicted octanol–water partition coefficient (Wildman–Crippen LogP) is 2.66. The maximum atomic E-state index is 12.1. The Balaban J connectivity index is 0.00000144. The summed E-state index contributed by atoms with van der Waals surface area (Å²) in [5, 5.41) is 1.97. The number of hydrogen-bond acceptors (Lipinski definition) is 0. The van der Waals surface area contributed by atoms with Crippen LogP contribution in [0.2, 0.25) is 5.05 Å². The minimum absolute atomic E-state index is 0. The third-order valence-electron chi connectivity index (χ3n) is 1.66. The van der Waals surface area contributed by atoms with Gasteiger partial charge < -0.3 is 0 Å². The van der Waals surface area contributed by atoms with Crippen LogP contribution >= 0.6 is 17.0 Å². The van der Waals surface area contributed by atoms with Gasteiger partial charge in [-0.2, -0.15) is 16.9 Å². The molecule has 0 aliphatic rings. The van der Waals surface area contributed by atoms with E-state index in [2.05, 4.69) is 0 Å². The van der Waals surface area contributed by atoms with E-state index in [1.165, 1.54) is 12.1 Å². The molecule has 0 aromatic heterocycles. The first-order valence-corrected chi connectivity index (χ1v) is 5.82. The largest absolute Gasteiger partial charge is 0.416 e. The Kier molecular flexibility index (Phi) is 5.32. The standard InChI is InChI=1S/C7H4F3.CH3.BrH.Mg/c8-7(9,10)6-4-2-1-3-5-6;;;/h1-2,4-5H;1H3;1H;. The summed E-state index contributed by atoms with van der Waals surface area (Å²) >= 11 is -0.488. The molecule has 1 rings (SSSR count). The van der Waals surface area contributed by atoms with Crippen molar-refractivity contribution < 1.29 is 13.2 Å². The Bertz CT molecular complexity index is 272. The summed E-state index contributed by atoms with van der Waals surface area (Å²) in [5.74, 6) is 0. The van der Waals surface area contributed by atoms with Crippen LogP contribution in [0.3, 0.4) is 0 Å². The van der Waals surface area contributed by atoms with E-state index >= 15 is 0 Å². The minimum Gasteiger partial charge on any atom is -0.174 e. The second-order valence-corrected chi connectivity index (χ2v) is 4.08. The highest BCUT2D eigenvalue weighted by Crippen LogP contribution is 2.27. The molecule has 0 amide bonds. The third-order valence-corrected chi connectivity index (χ3v) is 2.92. The highest BCUT2D eigenvalue weighted by Gasteiger charge is 2.29. The first-order valence-electron chi connectivity index (χ1n) is 3.70. The summed E-state index contributed by atoms with van der Waals surface area (Å²) < 4.78 is 37.2. The second-order valence-electron chi connectivity index (χ2n) is 2.55. The fraction of sp³-hybridized carbons (Fsp3) is 0.250. The molecule has 0 bridgehead atoms. The Morgan fingerprint density at radius 1 is 1.23 bits per heavy atom. The van der Waals surface area contributed by atoms with Gasteiger partial charge in [-0.1, -0.05) is 24.3 Å². The van der Waals surface area contributed by atoms with Gasteiger partial charge in [0.1, 0.15) is 0 Å². The molecule has 0 unspecified atom stereocenters. The predicted molar refractivity (Wildman–Crippen MR) is 53.0 cm³/mol. The van der Waals surface area contributed by atoms with E-state index in [1.54, 1.807) is 6.07 Å². The van der Waals surface area contributed by atoms with Crippen molar-refractivity contribution in [1.82, 2.24) is 0 Å². The van der Waals surface area contributed by atoms with Gasteiger partial charge in [0.05, 0.1) is 5.56 Å². The topological polar surface area (TPSA) is 0 Å². The van der Waals surface area contributed by atoms with Gasteiger partial charge in [0.15, 0.2) is 0 Å². The van der Waals surface area contributed by atoms with Gasteiger partial charge in [-0.25, -0.2) is 0 Å². The summed E-state index contributed by atoms with van der Waals surface area (Å²) in [6.07, 6.45) is -4.19. The molecular formula is C8H8BrF3Mg. The molecule has 0 saturated heterocycles. The molecule has 1 aromatic carbocycles. The zero-order valence-electron chi connectivity index (χ0n) is 7.06. The Hall–Kier alpha value is 0.256. The molecule has 0 radical (unpaired) electrons. The van der Waals surface area contributed by atoms with Gasteiger partial charge in [-0.3, -0.25) is 0 Å². The monoisotopic (exact) mass is 264 g/mol. The van der Waals surface area contributed by atoms with Gasteiger partial charge in [-0.05, 0) is 0 Å². The zero-order valence-corrected chi connectivity index (χ0v) is 10.2. The van der Waals surface area contributed by atoms with Crippen molar-refractivity contribution in [2.24, 2.45) is 0 Å². The summed E-state index contributed by atoms with van der Waals surface area (Å²) in [4.78, 5) is 0. The summed E-state index contributed by atoms with van der Waals surface area (Å²) in [6, 6.07) is 5.57. The molecule has 0 atom stereocenters. The number of hydrogen-bond donors (Lipinski definition) is 0. The van der Waals surface area contributed by atoms with Gasteiger partial charge in [0.25, 0.3) is 0 Å². The Morgan fingerprint density at radius 2 is 1.85 bits per heavy atom. The molecule has 0 fully saturated rings. The smallest absolute Gasteiger partial charge is 0.174 e. The van der Waals surface area contributed by atoms with Crippen molar-refractivity contribution in [3.05, 3.63) is 29.8 Å². The lowest BCUT2D eigenvalue weighted by Crippen LogP contribution is -2.14. The van der Waals surface area contributed by atoms with E-state index in [0.29, 0.717) is 0 Å². The van der Waals surface area contributed by atoms with Crippen LogP contribution in [0.5, 0.6) is 0 Å². The third kappa shape index (κ3) is 3.87. The van der Waals surface area contributed by atoms with E-state index < -0.39 is 32.1 Å². The van der Waals surface area contributed by atoms with Crippen molar-refractivity contribution in [2.45, 2.75) is 11.2 Å². The van der Waals surface area contributed by atoms with E-state index in [-0.39, 0.29) is 17.0 Å². The zero-order chi connectivity index (χ0) is 9.19. The Labute approximate surface area is 95.0 Å². The number of alkyl halides is 3. The van der Waals surface area contributed by atoms with Gasteiger partial charge in [-0.15, -0.1) is 22.0 Å². The first-order chi connectivity index (χ1) is 5.54. The SMILES string of the molecule is Br.[CH3][Mg][c]1cccc(C(F)(F)F)c1. The van der Waals surface area contributed by atoms with Crippen LogP contribution in [0, 0.1) is 0 Å². The maximum Gasteiger partial charge on any atom is 0.416 e. The quantitative estimate of drug-likeness (QED) is 0.685.